The summed E-state index contributed by atoms with van der Waals surface area (Å²) in [5.41, 5.74) is 2.54. The molecule has 1 aromatic carbocycles. The van der Waals surface area contributed by atoms with E-state index < -0.39 is 24.0 Å². The number of hydrogen-bond acceptors (Lipinski definition) is 8. The van der Waals surface area contributed by atoms with Gasteiger partial charge in [-0.15, -0.1) is 0 Å². The van der Waals surface area contributed by atoms with Gasteiger partial charge < -0.3 is 19.2 Å². The van der Waals surface area contributed by atoms with Crippen molar-refractivity contribution in [2.75, 3.05) is 25.5 Å². The fourth-order valence-corrected chi connectivity index (χ4v) is 4.37. The molecule has 0 aliphatic heterocycles. The van der Waals surface area contributed by atoms with Crippen LogP contribution in [0.1, 0.15) is 5.69 Å². The minimum Gasteiger partial charge on any atom is -0.478 e. The summed E-state index contributed by atoms with van der Waals surface area (Å²) in [4.78, 5) is 20.2. The molecule has 0 amide bonds. The summed E-state index contributed by atoms with van der Waals surface area (Å²) < 4.78 is 56.3. The van der Waals surface area contributed by atoms with E-state index in [0.717, 1.165) is 5.69 Å². The van der Waals surface area contributed by atoms with Crippen molar-refractivity contribution in [3.63, 3.8) is 0 Å². The minimum atomic E-state index is -2.72. The number of alkyl halides is 2. The van der Waals surface area contributed by atoms with Gasteiger partial charge >= 0.3 is 0 Å². The first-order valence-corrected chi connectivity index (χ1v) is 11.5. The van der Waals surface area contributed by atoms with Gasteiger partial charge in [-0.25, -0.2) is 13.0 Å². The van der Waals surface area contributed by atoms with Crippen molar-refractivity contribution in [2.45, 2.75) is 18.2 Å². The summed E-state index contributed by atoms with van der Waals surface area (Å²) >= 11 is 6.44. The van der Waals surface area contributed by atoms with Crippen LogP contribution >= 0.6 is 11.6 Å². The monoisotopic (exact) mass is 524 g/mol. The van der Waals surface area contributed by atoms with Crippen LogP contribution in [0, 0.1) is 6.92 Å². The predicted molar refractivity (Wildman–Crippen MR) is 126 cm³/mol. The van der Waals surface area contributed by atoms with Gasteiger partial charge in [-0.1, -0.05) is 17.7 Å². The maximum absolute atomic E-state index is 13.2. The molecule has 0 bridgehead atoms. The summed E-state index contributed by atoms with van der Waals surface area (Å²) in [5.74, 6) is -0.655. The zero-order chi connectivity index (χ0) is 25.1. The van der Waals surface area contributed by atoms with Gasteiger partial charge in [0.1, 0.15) is 6.61 Å². The molecule has 10 nitrogen and oxygen atoms in total. The molecule has 0 spiro atoms. The molecule has 1 unspecified atom stereocenters. The largest absolute Gasteiger partial charge is 0.478 e. The first-order chi connectivity index (χ1) is 16.8. The molecule has 3 aromatic heterocycles. The van der Waals surface area contributed by atoms with Gasteiger partial charge in [0.2, 0.25) is 11.7 Å². The number of nitrogens with one attached hydrogen (secondary N) is 2. The number of ether oxygens (including phenoxy) is 3. The highest BCUT2D eigenvalue weighted by atomic mass is 35.5. The molecule has 0 aliphatic carbocycles. The third-order valence-electron chi connectivity index (χ3n) is 4.73. The van der Waals surface area contributed by atoms with E-state index in [1.807, 2.05) is 6.92 Å². The van der Waals surface area contributed by atoms with Crippen molar-refractivity contribution in [1.29, 1.82) is 0 Å². The molecule has 0 saturated carbocycles. The SMILES string of the molecule is COc1nc(NS(=O)c2c[nH]c3c(-c4cnc(C)cn4)c(Cl)ccc23)nc(OC)c1OCC(F)F. The number of halogens is 3. The van der Waals surface area contributed by atoms with Crippen molar-refractivity contribution in [3.8, 4) is 28.8 Å². The Morgan fingerprint density at radius 1 is 1.14 bits per heavy atom. The topological polar surface area (TPSA) is 124 Å². The summed E-state index contributed by atoms with van der Waals surface area (Å²) in [5, 5.41) is 1.06. The van der Waals surface area contributed by atoms with Gasteiger partial charge in [0.05, 0.1) is 47.2 Å². The fourth-order valence-electron chi connectivity index (χ4n) is 3.21. The Morgan fingerprint density at radius 3 is 2.46 bits per heavy atom. The van der Waals surface area contributed by atoms with Crippen LogP contribution in [0.5, 0.6) is 17.5 Å². The lowest BCUT2D eigenvalue weighted by molar-refractivity contribution is 0.0781. The van der Waals surface area contributed by atoms with Gasteiger partial charge in [0.25, 0.3) is 18.2 Å². The van der Waals surface area contributed by atoms with Crippen LogP contribution in [-0.4, -0.2) is 56.4 Å². The third kappa shape index (κ3) is 5.10. The molecule has 2 N–H and O–H groups in total. The second kappa shape index (κ2) is 10.4. The second-order valence-electron chi connectivity index (χ2n) is 7.01. The van der Waals surface area contributed by atoms with Crippen molar-refractivity contribution >= 4 is 39.4 Å². The fraction of sp³-hybridized carbons (Fsp3) is 0.238. The molecule has 35 heavy (non-hydrogen) atoms. The summed E-state index contributed by atoms with van der Waals surface area (Å²) in [7, 11) is 0.701. The zero-order valence-corrected chi connectivity index (χ0v) is 20.2. The van der Waals surface area contributed by atoms with Crippen LogP contribution in [0.3, 0.4) is 0 Å². The number of aryl methyl sites for hydroxylation is 1. The number of H-pyrrole nitrogens is 1. The Kier molecular flexibility index (Phi) is 7.26. The Bertz CT molecular complexity index is 1360. The lowest BCUT2D eigenvalue weighted by Crippen LogP contribution is -2.13. The summed E-state index contributed by atoms with van der Waals surface area (Å²) in [6.07, 6.45) is 2.07. The first-order valence-electron chi connectivity index (χ1n) is 10.00. The van der Waals surface area contributed by atoms with Gasteiger partial charge in [0, 0.05) is 23.3 Å². The van der Waals surface area contributed by atoms with Crippen LogP contribution in [0.25, 0.3) is 22.2 Å². The van der Waals surface area contributed by atoms with Crippen molar-refractivity contribution in [1.82, 2.24) is 24.9 Å². The Morgan fingerprint density at radius 2 is 1.86 bits per heavy atom. The van der Waals surface area contributed by atoms with Crippen LogP contribution in [0.15, 0.2) is 35.6 Å². The average molecular weight is 525 g/mol. The molecule has 14 heteroatoms. The molecule has 0 saturated heterocycles. The van der Waals surface area contributed by atoms with E-state index >= 15 is 0 Å². The molecule has 1 atom stereocenters. The van der Waals surface area contributed by atoms with E-state index in [1.54, 1.807) is 30.7 Å². The lowest BCUT2D eigenvalue weighted by atomic mass is 10.1. The molecular weight excluding hydrogens is 506 g/mol. The second-order valence-corrected chi connectivity index (χ2v) is 8.60. The molecule has 0 aliphatic rings. The normalized spacial score (nSPS) is 12.1. The van der Waals surface area contributed by atoms with E-state index in [0.29, 0.717) is 32.1 Å². The molecule has 0 fully saturated rings. The highest BCUT2D eigenvalue weighted by Gasteiger charge is 2.22. The van der Waals surface area contributed by atoms with Gasteiger partial charge in [-0.2, -0.15) is 9.97 Å². The number of nitrogens with zero attached hydrogens (tertiary/aromatic N) is 4. The van der Waals surface area contributed by atoms with E-state index in [-0.39, 0.29) is 23.5 Å². The molecule has 0 radical (unpaired) electrons. The lowest BCUT2D eigenvalue weighted by Gasteiger charge is -2.14. The molecule has 4 aromatic rings. The number of fused-ring (bicyclic) bond motifs is 1. The third-order valence-corrected chi connectivity index (χ3v) is 6.15. The smallest absolute Gasteiger partial charge is 0.272 e. The molecule has 3 heterocycles. The van der Waals surface area contributed by atoms with Gasteiger partial charge in [-0.05, 0) is 13.0 Å². The van der Waals surface area contributed by atoms with E-state index in [4.69, 9.17) is 25.8 Å². The maximum Gasteiger partial charge on any atom is 0.272 e. The summed E-state index contributed by atoms with van der Waals surface area (Å²) in [6, 6.07) is 3.39. The first kappa shape index (κ1) is 24.5. The Balaban J connectivity index is 1.68. The quantitative estimate of drug-likeness (QED) is 0.334. The summed E-state index contributed by atoms with van der Waals surface area (Å²) in [6.45, 7) is 0.921. The number of benzene rings is 1. The number of aromatic nitrogens is 5. The van der Waals surface area contributed by atoms with E-state index in [9.17, 15) is 13.0 Å². The Hall–Kier alpha value is -3.58. The number of rotatable bonds is 9. The number of anilines is 1. The highest BCUT2D eigenvalue weighted by Crippen LogP contribution is 2.37. The standard InChI is InChI=1S/C21H19ClF2N6O4S/c1-10-6-26-13(7-25-10)16-12(22)5-4-11-14(8-27-17(11)16)35(31)30-21-28-19(32-2)18(20(29-21)33-3)34-9-15(23)24/h4-8,15,27H,9H2,1-3H3,(H,28,29,30). The van der Waals surface area contributed by atoms with E-state index in [2.05, 4.69) is 29.6 Å². The van der Waals surface area contributed by atoms with Crippen LogP contribution in [-0.2, 0) is 11.0 Å². The average Bonchev–Trinajstić information content (AvgIpc) is 3.27. The van der Waals surface area contributed by atoms with Crippen LogP contribution in [0.4, 0.5) is 14.7 Å². The van der Waals surface area contributed by atoms with Crippen LogP contribution in [0.2, 0.25) is 5.02 Å². The number of hydrogen-bond donors (Lipinski definition) is 2. The highest BCUT2D eigenvalue weighted by molar-refractivity contribution is 7.86. The van der Waals surface area contributed by atoms with E-state index in [1.165, 1.54) is 14.2 Å². The van der Waals surface area contributed by atoms with Gasteiger partial charge in [0.15, 0.2) is 11.0 Å². The van der Waals surface area contributed by atoms with Crippen LogP contribution < -0.4 is 18.9 Å². The molecular formula is C21H19ClF2N6O4S. The minimum absolute atomic E-state index is 0.130. The Labute approximate surface area is 205 Å². The maximum atomic E-state index is 13.2. The predicted octanol–water partition coefficient (Wildman–Crippen LogP) is 4.17. The molecule has 184 valence electrons. The van der Waals surface area contributed by atoms with Gasteiger partial charge in [-0.3, -0.25) is 14.7 Å². The molecule has 4 rings (SSSR count). The number of methoxy groups -OCH3 is 2. The van der Waals surface area contributed by atoms with Crippen molar-refractivity contribution < 1.29 is 27.2 Å². The zero-order valence-electron chi connectivity index (χ0n) is 18.6. The van der Waals surface area contributed by atoms with Crippen molar-refractivity contribution in [2.24, 2.45) is 0 Å². The van der Waals surface area contributed by atoms with Crippen molar-refractivity contribution in [3.05, 3.63) is 41.4 Å². The number of aromatic amines is 1.